The molecule has 0 aliphatic rings. The molecule has 1 aromatic heterocycles. The monoisotopic (exact) mass is 233 g/mol. The van der Waals surface area contributed by atoms with E-state index in [2.05, 4.69) is 46.7 Å². The number of nitrogens with zero attached hydrogens (tertiary/aromatic N) is 2. The number of rotatable bonds is 4. The summed E-state index contributed by atoms with van der Waals surface area (Å²) in [6, 6.07) is 10.7. The normalized spacial score (nSPS) is 12.6. The maximum absolute atomic E-state index is 4.09. The van der Waals surface area contributed by atoms with Crippen molar-refractivity contribution in [3.05, 3.63) is 45.9 Å². The Hall–Kier alpha value is -1.26. The largest absolute Gasteiger partial charge is 0.304 e. The molecule has 4 heteroatoms. The van der Waals surface area contributed by atoms with Crippen molar-refractivity contribution >= 4 is 11.3 Å². The molecule has 1 aromatic carbocycles. The Kier molecular flexibility index (Phi) is 3.64. The van der Waals surface area contributed by atoms with E-state index < -0.39 is 0 Å². The molecule has 0 spiro atoms. The standard InChI is InChI=1S/C12H15N3S/c1-9(11-6-4-3-5-7-11)13-8-12-15-14-10(2)16-12/h3-7,9,13H,8H2,1-2H3/t9-/m0/s1. The second kappa shape index (κ2) is 5.18. The van der Waals surface area contributed by atoms with Crippen LogP contribution in [0.25, 0.3) is 0 Å². The first kappa shape index (κ1) is 11.2. The fourth-order valence-corrected chi connectivity index (χ4v) is 2.17. The van der Waals surface area contributed by atoms with Crippen molar-refractivity contribution in [2.24, 2.45) is 0 Å². The average molecular weight is 233 g/mol. The number of hydrogen-bond donors (Lipinski definition) is 1. The van der Waals surface area contributed by atoms with Crippen molar-refractivity contribution in [2.75, 3.05) is 0 Å². The first-order valence-corrected chi connectivity index (χ1v) is 6.14. The number of nitrogens with one attached hydrogen (secondary N) is 1. The summed E-state index contributed by atoms with van der Waals surface area (Å²) in [5, 5.41) is 13.6. The molecule has 1 heterocycles. The molecular formula is C12H15N3S. The van der Waals surface area contributed by atoms with Crippen molar-refractivity contribution in [3.8, 4) is 0 Å². The second-order valence-electron chi connectivity index (χ2n) is 3.73. The summed E-state index contributed by atoms with van der Waals surface area (Å²) < 4.78 is 0. The van der Waals surface area contributed by atoms with Gasteiger partial charge in [-0.3, -0.25) is 0 Å². The summed E-state index contributed by atoms with van der Waals surface area (Å²) in [6.45, 7) is 4.91. The molecule has 1 N–H and O–H groups in total. The van der Waals surface area contributed by atoms with Crippen LogP contribution in [0.15, 0.2) is 30.3 Å². The molecular weight excluding hydrogens is 218 g/mol. The third-order valence-electron chi connectivity index (χ3n) is 2.43. The lowest BCUT2D eigenvalue weighted by Crippen LogP contribution is -2.17. The lowest BCUT2D eigenvalue weighted by molar-refractivity contribution is 0.571. The van der Waals surface area contributed by atoms with Gasteiger partial charge in [0, 0.05) is 6.04 Å². The summed E-state index contributed by atoms with van der Waals surface area (Å²) in [5.41, 5.74) is 1.30. The zero-order valence-corrected chi connectivity index (χ0v) is 10.3. The van der Waals surface area contributed by atoms with E-state index in [0.29, 0.717) is 6.04 Å². The summed E-state index contributed by atoms with van der Waals surface area (Å²) in [5.74, 6) is 0. The Morgan fingerprint density at radius 2 is 2.00 bits per heavy atom. The predicted molar refractivity (Wildman–Crippen MR) is 66.3 cm³/mol. The number of aryl methyl sites for hydroxylation is 1. The van der Waals surface area contributed by atoms with E-state index in [0.717, 1.165) is 16.6 Å². The van der Waals surface area contributed by atoms with Gasteiger partial charge in [0.1, 0.15) is 10.0 Å². The van der Waals surface area contributed by atoms with Crippen molar-refractivity contribution in [1.29, 1.82) is 0 Å². The molecule has 0 aliphatic heterocycles. The van der Waals surface area contributed by atoms with E-state index in [1.54, 1.807) is 11.3 Å². The van der Waals surface area contributed by atoms with E-state index in [9.17, 15) is 0 Å². The van der Waals surface area contributed by atoms with Crippen LogP contribution in [0.3, 0.4) is 0 Å². The minimum absolute atomic E-state index is 0.338. The molecule has 0 aliphatic carbocycles. The summed E-state index contributed by atoms with van der Waals surface area (Å²) in [7, 11) is 0. The highest BCUT2D eigenvalue weighted by Gasteiger charge is 2.05. The van der Waals surface area contributed by atoms with Gasteiger partial charge in [0.15, 0.2) is 0 Å². The average Bonchev–Trinajstić information content (AvgIpc) is 2.73. The van der Waals surface area contributed by atoms with Crippen LogP contribution in [0.4, 0.5) is 0 Å². The van der Waals surface area contributed by atoms with Crippen LogP contribution in [0.1, 0.15) is 28.5 Å². The fourth-order valence-electron chi connectivity index (χ4n) is 1.51. The Morgan fingerprint density at radius 3 is 2.62 bits per heavy atom. The van der Waals surface area contributed by atoms with Gasteiger partial charge in [-0.1, -0.05) is 30.3 Å². The van der Waals surface area contributed by atoms with Crippen LogP contribution in [-0.2, 0) is 6.54 Å². The molecule has 0 fully saturated rings. The van der Waals surface area contributed by atoms with Crippen molar-refractivity contribution in [2.45, 2.75) is 26.4 Å². The van der Waals surface area contributed by atoms with Crippen LogP contribution in [0, 0.1) is 6.92 Å². The van der Waals surface area contributed by atoms with E-state index in [-0.39, 0.29) is 0 Å². The SMILES string of the molecule is Cc1nnc(CN[C@@H](C)c2ccccc2)s1. The third-order valence-corrected chi connectivity index (χ3v) is 3.27. The molecule has 2 rings (SSSR count). The van der Waals surface area contributed by atoms with Gasteiger partial charge in [-0.05, 0) is 19.4 Å². The zero-order valence-electron chi connectivity index (χ0n) is 9.47. The minimum Gasteiger partial charge on any atom is -0.304 e. The van der Waals surface area contributed by atoms with Crippen molar-refractivity contribution < 1.29 is 0 Å². The van der Waals surface area contributed by atoms with E-state index >= 15 is 0 Å². The Labute approximate surface area is 99.5 Å². The first-order valence-electron chi connectivity index (χ1n) is 5.33. The molecule has 0 unspecified atom stereocenters. The van der Waals surface area contributed by atoms with Crippen molar-refractivity contribution in [3.63, 3.8) is 0 Å². The third kappa shape index (κ3) is 2.87. The van der Waals surface area contributed by atoms with Gasteiger partial charge in [-0.25, -0.2) is 0 Å². The van der Waals surface area contributed by atoms with Gasteiger partial charge in [0.25, 0.3) is 0 Å². The molecule has 0 saturated heterocycles. The van der Waals surface area contributed by atoms with Gasteiger partial charge < -0.3 is 5.32 Å². The lowest BCUT2D eigenvalue weighted by atomic mass is 10.1. The van der Waals surface area contributed by atoms with Crippen LogP contribution in [-0.4, -0.2) is 10.2 Å². The molecule has 3 nitrogen and oxygen atoms in total. The second-order valence-corrected chi connectivity index (χ2v) is 4.99. The summed E-state index contributed by atoms with van der Waals surface area (Å²) in [4.78, 5) is 0. The van der Waals surface area contributed by atoms with Crippen molar-refractivity contribution in [1.82, 2.24) is 15.5 Å². The van der Waals surface area contributed by atoms with Crippen LogP contribution < -0.4 is 5.32 Å². The van der Waals surface area contributed by atoms with E-state index in [1.165, 1.54) is 5.56 Å². The number of hydrogen-bond acceptors (Lipinski definition) is 4. The first-order chi connectivity index (χ1) is 7.75. The van der Waals surface area contributed by atoms with Crippen LogP contribution in [0.2, 0.25) is 0 Å². The van der Waals surface area contributed by atoms with Gasteiger partial charge in [0.05, 0.1) is 6.54 Å². The molecule has 16 heavy (non-hydrogen) atoms. The summed E-state index contributed by atoms with van der Waals surface area (Å²) in [6.07, 6.45) is 0. The number of benzene rings is 1. The number of aromatic nitrogens is 2. The Balaban J connectivity index is 1.91. The van der Waals surface area contributed by atoms with Gasteiger partial charge >= 0.3 is 0 Å². The maximum atomic E-state index is 4.09. The van der Waals surface area contributed by atoms with E-state index in [1.807, 2.05) is 13.0 Å². The van der Waals surface area contributed by atoms with Gasteiger partial charge in [-0.15, -0.1) is 21.5 Å². The molecule has 2 aromatic rings. The Morgan fingerprint density at radius 1 is 1.25 bits per heavy atom. The Bertz CT molecular complexity index is 439. The van der Waals surface area contributed by atoms with E-state index in [4.69, 9.17) is 0 Å². The molecule has 1 atom stereocenters. The quantitative estimate of drug-likeness (QED) is 0.882. The molecule has 84 valence electrons. The fraction of sp³-hybridized carbons (Fsp3) is 0.333. The van der Waals surface area contributed by atoms with Crippen LogP contribution >= 0.6 is 11.3 Å². The molecule has 0 amide bonds. The molecule has 0 saturated carbocycles. The highest BCUT2D eigenvalue weighted by Crippen LogP contribution is 2.13. The molecule has 0 radical (unpaired) electrons. The van der Waals surface area contributed by atoms with Crippen LogP contribution in [0.5, 0.6) is 0 Å². The van der Waals surface area contributed by atoms with Gasteiger partial charge in [-0.2, -0.15) is 0 Å². The smallest absolute Gasteiger partial charge is 0.131 e. The topological polar surface area (TPSA) is 37.8 Å². The van der Waals surface area contributed by atoms with Gasteiger partial charge in [0.2, 0.25) is 0 Å². The highest BCUT2D eigenvalue weighted by molar-refractivity contribution is 7.11. The predicted octanol–water partition coefficient (Wildman–Crippen LogP) is 2.70. The zero-order chi connectivity index (χ0) is 11.4. The summed E-state index contributed by atoms with van der Waals surface area (Å²) >= 11 is 1.64. The lowest BCUT2D eigenvalue weighted by Gasteiger charge is -2.12. The highest BCUT2D eigenvalue weighted by atomic mass is 32.1. The maximum Gasteiger partial charge on any atom is 0.131 e. The minimum atomic E-state index is 0.338. The molecule has 0 bridgehead atoms.